The van der Waals surface area contributed by atoms with Gasteiger partial charge >= 0.3 is 0 Å². The van der Waals surface area contributed by atoms with Crippen LogP contribution in [-0.2, 0) is 6.42 Å². The topological polar surface area (TPSA) is 12.0 Å². The average Bonchev–Trinajstić information content (AvgIpc) is 2.72. The summed E-state index contributed by atoms with van der Waals surface area (Å²) in [6.07, 6.45) is 1.06. The molecule has 1 aromatic carbocycles. The highest BCUT2D eigenvalue weighted by molar-refractivity contribution is 8.01. The minimum Gasteiger partial charge on any atom is -0.383 e. The number of fused-ring (bicyclic) bond motifs is 1. The van der Waals surface area contributed by atoms with Gasteiger partial charge in [-0.2, -0.15) is 0 Å². The highest BCUT2D eigenvalue weighted by Gasteiger charge is 2.13. The monoisotopic (exact) mass is 247 g/mol. The normalized spacial score (nSPS) is 14.2. The van der Waals surface area contributed by atoms with Crippen LogP contribution in [0, 0.1) is 0 Å². The quantitative estimate of drug-likeness (QED) is 0.865. The van der Waals surface area contributed by atoms with Crippen molar-refractivity contribution >= 4 is 28.8 Å². The number of hydrogen-bond donors (Lipinski definition) is 1. The molecule has 0 saturated carbocycles. The summed E-state index contributed by atoms with van der Waals surface area (Å²) < 4.78 is 1.46. The number of anilines is 1. The Morgan fingerprint density at radius 1 is 1.19 bits per heavy atom. The number of hydrogen-bond acceptors (Lipinski definition) is 3. The maximum atomic E-state index is 3.46. The van der Waals surface area contributed by atoms with E-state index in [9.17, 15) is 0 Å². The zero-order valence-electron chi connectivity index (χ0n) is 8.90. The summed E-state index contributed by atoms with van der Waals surface area (Å²) in [7, 11) is 0. The zero-order chi connectivity index (χ0) is 10.8. The third-order valence-electron chi connectivity index (χ3n) is 2.62. The molecule has 0 spiro atoms. The third kappa shape index (κ3) is 2.11. The first kappa shape index (κ1) is 10.2. The first-order valence-corrected chi connectivity index (χ1v) is 7.25. The summed E-state index contributed by atoms with van der Waals surface area (Å²) in [6.45, 7) is 1.10. The lowest BCUT2D eigenvalue weighted by atomic mass is 10.1. The van der Waals surface area contributed by atoms with Crippen LogP contribution < -0.4 is 5.32 Å². The number of benzene rings is 1. The highest BCUT2D eigenvalue weighted by Crippen LogP contribution is 2.39. The number of thiophene rings is 1. The molecule has 1 nitrogen and oxygen atoms in total. The number of nitrogens with one attached hydrogen (secondary N) is 1. The van der Waals surface area contributed by atoms with E-state index < -0.39 is 0 Å². The van der Waals surface area contributed by atoms with Crippen molar-refractivity contribution in [3.05, 3.63) is 46.8 Å². The molecule has 0 atom stereocenters. The zero-order valence-corrected chi connectivity index (χ0v) is 10.5. The van der Waals surface area contributed by atoms with Gasteiger partial charge in [0.15, 0.2) is 0 Å². The number of thioether (sulfide) groups is 1. The van der Waals surface area contributed by atoms with E-state index in [1.807, 2.05) is 23.1 Å². The molecule has 16 heavy (non-hydrogen) atoms. The Bertz CT molecular complexity index is 452. The van der Waals surface area contributed by atoms with Crippen LogP contribution in [0.25, 0.3) is 0 Å². The van der Waals surface area contributed by atoms with Crippen molar-refractivity contribution in [3.63, 3.8) is 0 Å². The molecular formula is C13H13NS2. The molecular weight excluding hydrogens is 234 g/mol. The highest BCUT2D eigenvalue weighted by atomic mass is 32.2. The lowest BCUT2D eigenvalue weighted by Gasteiger charge is -2.11. The summed E-state index contributed by atoms with van der Waals surface area (Å²) in [4.78, 5) is 1.46. The van der Waals surface area contributed by atoms with Crippen LogP contribution in [0.1, 0.15) is 10.4 Å². The van der Waals surface area contributed by atoms with E-state index in [2.05, 4.69) is 41.7 Å². The van der Waals surface area contributed by atoms with E-state index in [-0.39, 0.29) is 0 Å². The summed E-state index contributed by atoms with van der Waals surface area (Å²) in [5.74, 6) is 1.19. The van der Waals surface area contributed by atoms with E-state index in [1.54, 1.807) is 0 Å². The fourth-order valence-electron chi connectivity index (χ4n) is 1.87. The summed E-state index contributed by atoms with van der Waals surface area (Å²) >= 11 is 3.91. The summed E-state index contributed by atoms with van der Waals surface area (Å²) in [5.41, 5.74) is 2.73. The van der Waals surface area contributed by atoms with Gasteiger partial charge in [0.05, 0.1) is 9.90 Å². The molecule has 1 N–H and O–H groups in total. The molecule has 3 rings (SSSR count). The second-order valence-corrected chi connectivity index (χ2v) is 6.35. The van der Waals surface area contributed by atoms with E-state index in [1.165, 1.54) is 26.1 Å². The lowest BCUT2D eigenvalue weighted by Crippen LogP contribution is -2.07. The maximum absolute atomic E-state index is 3.46. The smallest absolute Gasteiger partial charge is 0.0834 e. The van der Waals surface area contributed by atoms with Crippen LogP contribution in [0.4, 0.5) is 5.69 Å². The Hall–Kier alpha value is -0.930. The summed E-state index contributed by atoms with van der Waals surface area (Å²) in [5, 5.41) is 3.46. The molecule has 3 heteroatoms. The van der Waals surface area contributed by atoms with Crippen LogP contribution in [0.15, 0.2) is 40.6 Å². The molecule has 0 unspecified atom stereocenters. The van der Waals surface area contributed by atoms with Gasteiger partial charge in [-0.25, -0.2) is 0 Å². The van der Waals surface area contributed by atoms with Crippen LogP contribution in [0.5, 0.6) is 0 Å². The Labute approximate surface area is 104 Å². The Morgan fingerprint density at radius 2 is 2.06 bits per heavy atom. The van der Waals surface area contributed by atoms with Crippen LogP contribution in [0.3, 0.4) is 0 Å². The molecule has 0 fully saturated rings. The average molecular weight is 247 g/mol. The van der Waals surface area contributed by atoms with E-state index in [4.69, 9.17) is 0 Å². The van der Waals surface area contributed by atoms with Crippen molar-refractivity contribution in [1.29, 1.82) is 0 Å². The van der Waals surface area contributed by atoms with Crippen molar-refractivity contribution in [1.82, 2.24) is 0 Å². The standard InChI is InChI=1S/C13H13NS2/c1-2-4-10(5-3-1)8-11-9-12-13(16-11)15-7-6-14-12/h1-5,9,14H,6-8H2. The van der Waals surface area contributed by atoms with Crippen molar-refractivity contribution in [3.8, 4) is 0 Å². The molecule has 1 aliphatic heterocycles. The minimum absolute atomic E-state index is 1.06. The molecule has 1 aromatic heterocycles. The third-order valence-corrected chi connectivity index (χ3v) is 5.04. The Kier molecular flexibility index (Phi) is 2.89. The van der Waals surface area contributed by atoms with Gasteiger partial charge in [0.2, 0.25) is 0 Å². The molecule has 0 bridgehead atoms. The van der Waals surface area contributed by atoms with Crippen molar-refractivity contribution in [2.24, 2.45) is 0 Å². The van der Waals surface area contributed by atoms with Crippen LogP contribution in [-0.4, -0.2) is 12.3 Å². The van der Waals surface area contributed by atoms with Gasteiger partial charge in [-0.3, -0.25) is 0 Å². The Morgan fingerprint density at radius 3 is 2.88 bits per heavy atom. The minimum atomic E-state index is 1.06. The first-order valence-electron chi connectivity index (χ1n) is 5.45. The van der Waals surface area contributed by atoms with Crippen molar-refractivity contribution < 1.29 is 0 Å². The molecule has 2 aromatic rings. The maximum Gasteiger partial charge on any atom is 0.0834 e. The fourth-order valence-corrected chi connectivity index (χ4v) is 4.25. The van der Waals surface area contributed by atoms with Gasteiger partial charge in [-0.15, -0.1) is 23.1 Å². The van der Waals surface area contributed by atoms with E-state index in [0.717, 1.165) is 13.0 Å². The van der Waals surface area contributed by atoms with Gasteiger partial charge in [-0.1, -0.05) is 30.3 Å². The summed E-state index contributed by atoms with van der Waals surface area (Å²) in [6, 6.07) is 13.0. The van der Waals surface area contributed by atoms with Crippen molar-refractivity contribution in [2.75, 3.05) is 17.6 Å². The van der Waals surface area contributed by atoms with E-state index in [0.29, 0.717) is 0 Å². The molecule has 0 aliphatic carbocycles. The second-order valence-electron chi connectivity index (χ2n) is 3.85. The first-order chi connectivity index (χ1) is 7.92. The van der Waals surface area contributed by atoms with Gasteiger partial charge in [-0.05, 0) is 11.6 Å². The molecule has 1 aliphatic rings. The number of rotatable bonds is 2. The van der Waals surface area contributed by atoms with Gasteiger partial charge in [0.1, 0.15) is 0 Å². The van der Waals surface area contributed by atoms with E-state index >= 15 is 0 Å². The molecule has 82 valence electrons. The SMILES string of the molecule is c1ccc(Cc2cc3c(s2)SCCN3)cc1. The largest absolute Gasteiger partial charge is 0.383 e. The predicted molar refractivity (Wildman–Crippen MR) is 72.8 cm³/mol. The molecule has 2 heterocycles. The van der Waals surface area contributed by atoms with Crippen LogP contribution in [0.2, 0.25) is 0 Å². The second kappa shape index (κ2) is 4.52. The molecule has 0 saturated heterocycles. The predicted octanol–water partition coefficient (Wildman–Crippen LogP) is 3.86. The lowest BCUT2D eigenvalue weighted by molar-refractivity contribution is 1.19. The van der Waals surface area contributed by atoms with Crippen LogP contribution >= 0.6 is 23.1 Å². The van der Waals surface area contributed by atoms with Gasteiger partial charge < -0.3 is 5.32 Å². The van der Waals surface area contributed by atoms with Gasteiger partial charge in [0, 0.05) is 23.6 Å². The Balaban J connectivity index is 1.83. The van der Waals surface area contributed by atoms with Crippen molar-refractivity contribution in [2.45, 2.75) is 10.6 Å². The van der Waals surface area contributed by atoms with Gasteiger partial charge in [0.25, 0.3) is 0 Å². The molecule has 0 radical (unpaired) electrons. The molecule has 0 amide bonds. The fraction of sp³-hybridized carbons (Fsp3) is 0.231.